The number of hydrogen-bond donors (Lipinski definition) is 1. The first-order chi connectivity index (χ1) is 5.77. The Kier molecular flexibility index (Phi) is 2.88. The Balaban J connectivity index is 0.000000845. The lowest BCUT2D eigenvalue weighted by Crippen LogP contribution is -2.12. The highest BCUT2D eigenvalue weighted by molar-refractivity contribution is 6.12. The van der Waals surface area contributed by atoms with Gasteiger partial charge < -0.3 is 5.11 Å². The number of carboxylic acids is 1. The second-order valence-corrected chi connectivity index (χ2v) is 2.93. The molecule has 0 aromatic carbocycles. The minimum absolute atomic E-state index is 0. The third-order valence-corrected chi connectivity index (χ3v) is 2.08. The van der Waals surface area contributed by atoms with Crippen LogP contribution in [0.3, 0.4) is 0 Å². The molecular weight excluding hydrogens is 190 g/mol. The van der Waals surface area contributed by atoms with Crippen LogP contribution < -0.4 is 0 Å². The highest BCUT2D eigenvalue weighted by atomic mass is 35.5. The van der Waals surface area contributed by atoms with E-state index in [9.17, 15) is 4.79 Å². The summed E-state index contributed by atoms with van der Waals surface area (Å²) in [7, 11) is 0. The van der Waals surface area contributed by atoms with Crippen molar-refractivity contribution in [2.75, 3.05) is 0 Å². The molecule has 2 aliphatic rings. The van der Waals surface area contributed by atoms with E-state index in [4.69, 9.17) is 5.11 Å². The molecule has 0 aromatic rings. The Bertz CT molecular complexity index is 318. The van der Waals surface area contributed by atoms with E-state index in [1.807, 2.05) is 12.2 Å². The molecule has 1 N–H and O–H groups in total. The van der Waals surface area contributed by atoms with Crippen molar-refractivity contribution >= 4 is 24.1 Å². The molecule has 0 aromatic heterocycles. The lowest BCUT2D eigenvalue weighted by molar-refractivity contribution is -0.137. The zero-order chi connectivity index (χ0) is 8.55. The molecule has 4 heteroatoms. The highest BCUT2D eigenvalue weighted by Gasteiger charge is 2.23. The molecule has 1 aliphatic carbocycles. The summed E-state index contributed by atoms with van der Waals surface area (Å²) in [4.78, 5) is 14.6. The fourth-order valence-corrected chi connectivity index (χ4v) is 1.47. The predicted octanol–water partition coefficient (Wildman–Crippen LogP) is 1.59. The SMILES string of the molecule is Cl.O=C(O)C1C=C2CCC=CC2=N1. The topological polar surface area (TPSA) is 49.7 Å². The summed E-state index contributed by atoms with van der Waals surface area (Å²) in [5.74, 6) is -0.863. The Morgan fingerprint density at radius 1 is 1.62 bits per heavy atom. The minimum atomic E-state index is -0.863. The third kappa shape index (κ3) is 1.80. The molecule has 1 unspecified atom stereocenters. The minimum Gasteiger partial charge on any atom is -0.479 e. The number of hydrogen-bond acceptors (Lipinski definition) is 2. The van der Waals surface area contributed by atoms with E-state index < -0.39 is 12.0 Å². The molecule has 1 aliphatic heterocycles. The first-order valence-corrected chi connectivity index (χ1v) is 3.95. The Labute approximate surface area is 82.3 Å². The molecule has 70 valence electrons. The van der Waals surface area contributed by atoms with Gasteiger partial charge in [0.1, 0.15) is 0 Å². The zero-order valence-electron chi connectivity index (χ0n) is 6.93. The van der Waals surface area contributed by atoms with Crippen LogP contribution in [0.15, 0.2) is 28.8 Å². The van der Waals surface area contributed by atoms with Crippen LogP contribution in [-0.4, -0.2) is 22.8 Å². The molecule has 0 fully saturated rings. The molecule has 0 radical (unpaired) electrons. The fraction of sp³-hybridized carbons (Fsp3) is 0.333. The number of halogens is 1. The van der Waals surface area contributed by atoms with Gasteiger partial charge in [-0.25, -0.2) is 4.79 Å². The summed E-state index contributed by atoms with van der Waals surface area (Å²) in [6.07, 6.45) is 7.59. The molecule has 1 atom stereocenters. The number of carboxylic acid groups (broad SMARTS) is 1. The van der Waals surface area contributed by atoms with E-state index in [1.54, 1.807) is 6.08 Å². The molecule has 1 heterocycles. The molecule has 0 amide bonds. The van der Waals surface area contributed by atoms with Crippen LogP contribution in [0.5, 0.6) is 0 Å². The first-order valence-electron chi connectivity index (χ1n) is 3.95. The summed E-state index contributed by atoms with van der Waals surface area (Å²) in [6.45, 7) is 0. The van der Waals surface area contributed by atoms with Gasteiger partial charge in [0, 0.05) is 0 Å². The van der Waals surface area contributed by atoms with Crippen molar-refractivity contribution in [2.24, 2.45) is 4.99 Å². The van der Waals surface area contributed by atoms with Crippen molar-refractivity contribution in [3.63, 3.8) is 0 Å². The van der Waals surface area contributed by atoms with E-state index in [0.717, 1.165) is 24.1 Å². The average molecular weight is 200 g/mol. The predicted molar refractivity (Wildman–Crippen MR) is 52.6 cm³/mol. The van der Waals surface area contributed by atoms with E-state index in [-0.39, 0.29) is 12.4 Å². The van der Waals surface area contributed by atoms with Gasteiger partial charge in [-0.2, -0.15) is 0 Å². The molecule has 0 saturated heterocycles. The van der Waals surface area contributed by atoms with Crippen LogP contribution in [0.2, 0.25) is 0 Å². The summed E-state index contributed by atoms with van der Waals surface area (Å²) in [6, 6.07) is -0.641. The number of fused-ring (bicyclic) bond motifs is 1. The van der Waals surface area contributed by atoms with Crippen LogP contribution in [-0.2, 0) is 4.79 Å². The van der Waals surface area contributed by atoms with Gasteiger partial charge in [-0.3, -0.25) is 4.99 Å². The first kappa shape index (κ1) is 9.99. The maximum Gasteiger partial charge on any atom is 0.332 e. The highest BCUT2D eigenvalue weighted by Crippen LogP contribution is 2.22. The normalized spacial score (nSPS) is 24.2. The van der Waals surface area contributed by atoms with Gasteiger partial charge in [-0.1, -0.05) is 6.08 Å². The number of carbonyl (C=O) groups is 1. The molecule has 0 bridgehead atoms. The maximum absolute atomic E-state index is 10.6. The van der Waals surface area contributed by atoms with Gasteiger partial charge in [0.05, 0.1) is 5.71 Å². The van der Waals surface area contributed by atoms with E-state index in [1.165, 1.54) is 0 Å². The van der Waals surface area contributed by atoms with Crippen LogP contribution in [0, 0.1) is 0 Å². The summed E-state index contributed by atoms with van der Waals surface area (Å²) in [5, 5.41) is 8.68. The van der Waals surface area contributed by atoms with Gasteiger partial charge >= 0.3 is 5.97 Å². The number of allylic oxidation sites excluding steroid dienone is 3. The molecule has 0 spiro atoms. The van der Waals surface area contributed by atoms with Gasteiger partial charge in [0.15, 0.2) is 6.04 Å². The Morgan fingerprint density at radius 3 is 3.00 bits per heavy atom. The lowest BCUT2D eigenvalue weighted by atomic mass is 10.00. The molecular formula is C9H10ClNO2. The van der Waals surface area contributed by atoms with Crippen molar-refractivity contribution in [3.05, 3.63) is 23.8 Å². The van der Waals surface area contributed by atoms with Gasteiger partial charge in [0.2, 0.25) is 0 Å². The smallest absolute Gasteiger partial charge is 0.332 e. The molecule has 0 saturated carbocycles. The number of nitrogens with zero attached hydrogens (tertiary/aromatic N) is 1. The van der Waals surface area contributed by atoms with Crippen molar-refractivity contribution in [3.8, 4) is 0 Å². The third-order valence-electron chi connectivity index (χ3n) is 2.08. The monoisotopic (exact) mass is 199 g/mol. The molecule has 13 heavy (non-hydrogen) atoms. The van der Waals surface area contributed by atoms with Crippen molar-refractivity contribution < 1.29 is 9.90 Å². The molecule has 3 nitrogen and oxygen atoms in total. The maximum atomic E-state index is 10.6. The lowest BCUT2D eigenvalue weighted by Gasteiger charge is -2.04. The van der Waals surface area contributed by atoms with E-state index in [0.29, 0.717) is 0 Å². The van der Waals surface area contributed by atoms with Gasteiger partial charge in [-0.15, -0.1) is 12.4 Å². The summed E-state index contributed by atoms with van der Waals surface area (Å²) in [5.41, 5.74) is 1.94. The molecule has 2 rings (SSSR count). The Morgan fingerprint density at radius 2 is 2.38 bits per heavy atom. The number of aliphatic carboxylic acids is 1. The summed E-state index contributed by atoms with van der Waals surface area (Å²) >= 11 is 0. The van der Waals surface area contributed by atoms with Gasteiger partial charge in [-0.05, 0) is 30.6 Å². The largest absolute Gasteiger partial charge is 0.479 e. The van der Waals surface area contributed by atoms with Crippen molar-refractivity contribution in [1.82, 2.24) is 0 Å². The fourth-order valence-electron chi connectivity index (χ4n) is 1.47. The second-order valence-electron chi connectivity index (χ2n) is 2.93. The van der Waals surface area contributed by atoms with Gasteiger partial charge in [0.25, 0.3) is 0 Å². The van der Waals surface area contributed by atoms with Crippen LogP contribution in [0.1, 0.15) is 12.8 Å². The van der Waals surface area contributed by atoms with Crippen LogP contribution in [0.4, 0.5) is 0 Å². The van der Waals surface area contributed by atoms with E-state index >= 15 is 0 Å². The van der Waals surface area contributed by atoms with Crippen molar-refractivity contribution in [1.29, 1.82) is 0 Å². The van der Waals surface area contributed by atoms with Crippen molar-refractivity contribution in [2.45, 2.75) is 18.9 Å². The van der Waals surface area contributed by atoms with Crippen LogP contribution in [0.25, 0.3) is 0 Å². The number of aliphatic imine (C=N–C) groups is 1. The average Bonchev–Trinajstić information content (AvgIpc) is 2.46. The Hall–Kier alpha value is -1.09. The number of rotatable bonds is 1. The second kappa shape index (κ2) is 3.75. The van der Waals surface area contributed by atoms with E-state index in [2.05, 4.69) is 4.99 Å². The summed E-state index contributed by atoms with van der Waals surface area (Å²) < 4.78 is 0. The quantitative estimate of drug-likeness (QED) is 0.697. The zero-order valence-corrected chi connectivity index (χ0v) is 7.75. The standard InChI is InChI=1S/C9H9NO2.ClH/c11-9(12)8-5-6-3-1-2-4-7(6)10-8;/h2,4-5,8H,1,3H2,(H,11,12);1H. The van der Waals surface area contributed by atoms with Crippen LogP contribution >= 0.6 is 12.4 Å².